The molecule has 1 aromatic heterocycles. The van der Waals surface area contributed by atoms with Crippen molar-refractivity contribution in [2.24, 2.45) is 0 Å². The number of aromatic nitrogens is 1. The topological polar surface area (TPSA) is 80.3 Å². The largest absolute Gasteiger partial charge is 0.484 e. The summed E-state index contributed by atoms with van der Waals surface area (Å²) in [6.45, 7) is -0.715. The summed E-state index contributed by atoms with van der Waals surface area (Å²) in [6.07, 6.45) is -8.57. The molecule has 0 spiro atoms. The number of carbonyl (C=O) groups excluding carboxylic acids is 2. The highest BCUT2D eigenvalue weighted by Crippen LogP contribution is 2.31. The van der Waals surface area contributed by atoms with Gasteiger partial charge in [0.25, 0.3) is 11.8 Å². The van der Waals surface area contributed by atoms with Crippen LogP contribution < -0.4 is 15.6 Å². The highest BCUT2D eigenvalue weighted by molar-refractivity contribution is 5.95. The number of benzene rings is 1. The molecule has 150 valence electrons. The fourth-order valence-corrected chi connectivity index (χ4v) is 1.84. The van der Waals surface area contributed by atoms with Gasteiger partial charge in [-0.2, -0.15) is 26.3 Å². The third kappa shape index (κ3) is 5.86. The Morgan fingerprint density at radius 3 is 2.25 bits per heavy atom. The van der Waals surface area contributed by atoms with Crippen LogP contribution in [0.1, 0.15) is 21.6 Å². The first kappa shape index (κ1) is 21.0. The van der Waals surface area contributed by atoms with Gasteiger partial charge in [0.15, 0.2) is 6.61 Å². The van der Waals surface area contributed by atoms with Gasteiger partial charge in [0.05, 0.1) is 11.1 Å². The van der Waals surface area contributed by atoms with Gasteiger partial charge >= 0.3 is 12.4 Å². The molecular weight excluding hydrogens is 396 g/mol. The van der Waals surface area contributed by atoms with Gasteiger partial charge in [0.2, 0.25) is 0 Å². The number of ether oxygens (including phenoxy) is 1. The zero-order valence-electron chi connectivity index (χ0n) is 13.7. The molecule has 0 aliphatic rings. The summed E-state index contributed by atoms with van der Waals surface area (Å²) in [6, 6.07) is 5.26. The standard InChI is InChI=1S/C16H11F6N3O3/c17-15(18,19)10-2-1-3-11(6-10)28-8-13(26)24-25-14(27)9-4-5-12(23-7-9)16(20,21)22/h1-7H,8H2,(H,24,26)(H,25,27). The highest BCUT2D eigenvalue weighted by atomic mass is 19.4. The first-order valence-corrected chi connectivity index (χ1v) is 7.39. The van der Waals surface area contributed by atoms with Crippen molar-refractivity contribution >= 4 is 11.8 Å². The molecule has 0 saturated heterocycles. The van der Waals surface area contributed by atoms with Gasteiger partial charge in [-0.1, -0.05) is 6.07 Å². The lowest BCUT2D eigenvalue weighted by Crippen LogP contribution is -2.43. The number of amides is 2. The van der Waals surface area contributed by atoms with Crippen LogP contribution in [0, 0.1) is 0 Å². The molecule has 12 heteroatoms. The van der Waals surface area contributed by atoms with E-state index in [1.807, 2.05) is 10.9 Å². The Morgan fingerprint density at radius 2 is 1.68 bits per heavy atom. The number of hydrazine groups is 1. The van der Waals surface area contributed by atoms with Crippen molar-refractivity contribution in [1.82, 2.24) is 15.8 Å². The van der Waals surface area contributed by atoms with Crippen molar-refractivity contribution in [3.05, 3.63) is 59.4 Å². The van der Waals surface area contributed by atoms with Crippen LogP contribution >= 0.6 is 0 Å². The minimum atomic E-state index is -4.66. The van der Waals surface area contributed by atoms with Crippen LogP contribution in [0.4, 0.5) is 26.3 Å². The van der Waals surface area contributed by atoms with Crippen LogP contribution in [0.2, 0.25) is 0 Å². The average molecular weight is 407 g/mol. The van der Waals surface area contributed by atoms with Crippen molar-refractivity contribution in [2.75, 3.05) is 6.61 Å². The van der Waals surface area contributed by atoms with Gasteiger partial charge in [-0.05, 0) is 30.3 Å². The maximum atomic E-state index is 12.6. The van der Waals surface area contributed by atoms with Gasteiger partial charge in [-0.3, -0.25) is 25.4 Å². The van der Waals surface area contributed by atoms with Gasteiger partial charge in [-0.15, -0.1) is 0 Å². The molecule has 0 saturated carbocycles. The lowest BCUT2D eigenvalue weighted by atomic mass is 10.2. The zero-order chi connectivity index (χ0) is 20.9. The molecule has 0 fully saturated rings. The minimum absolute atomic E-state index is 0.219. The Bertz CT molecular complexity index is 850. The second-order valence-corrected chi connectivity index (χ2v) is 5.25. The van der Waals surface area contributed by atoms with Gasteiger partial charge in [0.1, 0.15) is 11.4 Å². The molecule has 0 radical (unpaired) electrons. The second-order valence-electron chi connectivity index (χ2n) is 5.25. The van der Waals surface area contributed by atoms with E-state index in [9.17, 15) is 35.9 Å². The van der Waals surface area contributed by atoms with E-state index in [-0.39, 0.29) is 11.3 Å². The number of hydrogen-bond acceptors (Lipinski definition) is 4. The minimum Gasteiger partial charge on any atom is -0.484 e. The number of nitrogens with one attached hydrogen (secondary N) is 2. The average Bonchev–Trinajstić information content (AvgIpc) is 2.63. The van der Waals surface area contributed by atoms with Crippen LogP contribution in [0.5, 0.6) is 5.75 Å². The fraction of sp³-hybridized carbons (Fsp3) is 0.188. The number of hydrogen-bond donors (Lipinski definition) is 2. The van der Waals surface area contributed by atoms with E-state index < -0.39 is 42.0 Å². The fourth-order valence-electron chi connectivity index (χ4n) is 1.84. The summed E-state index contributed by atoms with van der Waals surface area (Å²) < 4.78 is 79.8. The van der Waals surface area contributed by atoms with Crippen molar-refractivity contribution in [1.29, 1.82) is 0 Å². The molecule has 28 heavy (non-hydrogen) atoms. The molecule has 6 nitrogen and oxygen atoms in total. The molecule has 1 aromatic carbocycles. The molecule has 0 aliphatic heterocycles. The van der Waals surface area contributed by atoms with Crippen LogP contribution in [-0.2, 0) is 17.1 Å². The van der Waals surface area contributed by atoms with Crippen molar-refractivity contribution in [3.63, 3.8) is 0 Å². The van der Waals surface area contributed by atoms with Gasteiger partial charge in [0, 0.05) is 6.20 Å². The molecular formula is C16H11F6N3O3. The third-order valence-electron chi connectivity index (χ3n) is 3.16. The molecule has 0 aliphatic carbocycles. The van der Waals surface area contributed by atoms with Crippen LogP contribution in [0.25, 0.3) is 0 Å². The molecule has 0 bridgehead atoms. The first-order valence-electron chi connectivity index (χ1n) is 7.39. The predicted octanol–water partition coefficient (Wildman–Crippen LogP) is 2.96. The van der Waals surface area contributed by atoms with Crippen LogP contribution in [0.3, 0.4) is 0 Å². The molecule has 2 rings (SSSR count). The molecule has 2 aromatic rings. The Kier molecular flexibility index (Phi) is 6.11. The van der Waals surface area contributed by atoms with Crippen molar-refractivity contribution in [3.8, 4) is 5.75 Å². The van der Waals surface area contributed by atoms with E-state index >= 15 is 0 Å². The van der Waals surface area contributed by atoms with Crippen molar-refractivity contribution in [2.45, 2.75) is 12.4 Å². The summed E-state index contributed by atoms with van der Waals surface area (Å²) in [4.78, 5) is 26.4. The molecule has 0 atom stereocenters. The van der Waals surface area contributed by atoms with E-state index in [4.69, 9.17) is 4.74 Å². The van der Waals surface area contributed by atoms with E-state index in [2.05, 4.69) is 4.98 Å². The number of pyridine rings is 1. The summed E-state index contributed by atoms with van der Waals surface area (Å²) >= 11 is 0. The number of nitrogens with zero attached hydrogens (tertiary/aromatic N) is 1. The number of carbonyl (C=O) groups is 2. The normalized spacial score (nSPS) is 11.6. The Balaban J connectivity index is 1.85. The molecule has 0 unspecified atom stereocenters. The number of alkyl halides is 6. The summed E-state index contributed by atoms with van der Waals surface area (Å²) in [5.41, 5.74) is 1.40. The third-order valence-corrected chi connectivity index (χ3v) is 3.16. The molecule has 1 heterocycles. The first-order chi connectivity index (χ1) is 13.0. The predicted molar refractivity (Wildman–Crippen MR) is 81.8 cm³/mol. The smallest absolute Gasteiger partial charge is 0.433 e. The SMILES string of the molecule is O=C(COc1cccc(C(F)(F)F)c1)NNC(=O)c1ccc(C(F)(F)F)nc1. The summed E-state index contributed by atoms with van der Waals surface area (Å²) in [5, 5.41) is 0. The second kappa shape index (κ2) is 8.15. The Hall–Kier alpha value is -3.31. The lowest BCUT2D eigenvalue weighted by molar-refractivity contribution is -0.141. The van der Waals surface area contributed by atoms with Gasteiger partial charge < -0.3 is 4.74 Å². The molecule has 2 amide bonds. The number of halogens is 6. The van der Waals surface area contributed by atoms with E-state index in [1.54, 1.807) is 0 Å². The maximum Gasteiger partial charge on any atom is 0.433 e. The van der Waals surface area contributed by atoms with Crippen molar-refractivity contribution < 1.29 is 40.7 Å². The van der Waals surface area contributed by atoms with Gasteiger partial charge in [-0.25, -0.2) is 0 Å². The monoisotopic (exact) mass is 407 g/mol. The summed E-state index contributed by atoms with van der Waals surface area (Å²) in [7, 11) is 0. The maximum absolute atomic E-state index is 12.6. The van der Waals surface area contributed by atoms with E-state index in [0.29, 0.717) is 18.3 Å². The highest BCUT2D eigenvalue weighted by Gasteiger charge is 2.32. The summed E-state index contributed by atoms with van der Waals surface area (Å²) in [5.74, 6) is -2.08. The zero-order valence-corrected chi connectivity index (χ0v) is 13.7. The Labute approximate surface area is 153 Å². The number of rotatable bonds is 4. The van der Waals surface area contributed by atoms with Crippen LogP contribution in [-0.4, -0.2) is 23.4 Å². The lowest BCUT2D eigenvalue weighted by Gasteiger charge is -2.11. The Morgan fingerprint density at radius 1 is 0.964 bits per heavy atom. The quantitative estimate of drug-likeness (QED) is 0.603. The molecule has 2 N–H and O–H groups in total. The van der Waals surface area contributed by atoms with Crippen LogP contribution in [0.15, 0.2) is 42.6 Å². The van der Waals surface area contributed by atoms with E-state index in [0.717, 1.165) is 18.2 Å². The van der Waals surface area contributed by atoms with E-state index in [1.165, 1.54) is 6.07 Å².